The van der Waals surface area contributed by atoms with E-state index in [1.54, 1.807) is 0 Å². The van der Waals surface area contributed by atoms with E-state index in [-0.39, 0.29) is 11.6 Å². The predicted octanol–water partition coefficient (Wildman–Crippen LogP) is 1.53. The number of morpholine rings is 1. The fourth-order valence-electron chi connectivity index (χ4n) is 3.26. The number of guanidine groups is 1. The molecule has 2 aliphatic rings. The molecule has 0 bridgehead atoms. The molecule has 0 aromatic heterocycles. The summed E-state index contributed by atoms with van der Waals surface area (Å²) in [5.74, 6) is 1.43. The molecule has 0 aliphatic carbocycles. The SMILES string of the molecule is CC(C)(CN=C(N)NC1CCOc2ccccc21)N1CCOCC1. The van der Waals surface area contributed by atoms with Crippen LogP contribution in [0.2, 0.25) is 0 Å². The molecule has 1 fully saturated rings. The Kier molecular flexibility index (Phi) is 5.26. The van der Waals surface area contributed by atoms with Gasteiger partial charge >= 0.3 is 0 Å². The summed E-state index contributed by atoms with van der Waals surface area (Å²) in [6, 6.07) is 8.25. The third-order valence-electron chi connectivity index (χ3n) is 4.78. The Morgan fingerprint density at radius 2 is 2.04 bits per heavy atom. The number of rotatable bonds is 4. The second kappa shape index (κ2) is 7.40. The van der Waals surface area contributed by atoms with Gasteiger partial charge in [0.05, 0.1) is 32.4 Å². The number of hydrogen-bond donors (Lipinski definition) is 2. The number of fused-ring (bicyclic) bond motifs is 1. The summed E-state index contributed by atoms with van der Waals surface area (Å²) < 4.78 is 11.1. The third kappa shape index (κ3) is 3.99. The molecule has 2 aliphatic heterocycles. The molecule has 6 heteroatoms. The number of benzene rings is 1. The molecule has 3 N–H and O–H groups in total. The summed E-state index contributed by atoms with van der Waals surface area (Å²) in [7, 11) is 0. The Balaban J connectivity index is 1.60. The Morgan fingerprint density at radius 1 is 1.29 bits per heavy atom. The predicted molar refractivity (Wildman–Crippen MR) is 95.4 cm³/mol. The molecular weight excluding hydrogens is 304 g/mol. The topological polar surface area (TPSA) is 72.1 Å². The Hall–Kier alpha value is -1.79. The largest absolute Gasteiger partial charge is 0.493 e. The first-order chi connectivity index (χ1) is 11.6. The van der Waals surface area contributed by atoms with E-state index in [4.69, 9.17) is 15.2 Å². The Bertz CT molecular complexity index is 582. The number of aliphatic imine (C=N–C) groups is 1. The minimum absolute atomic E-state index is 0.0241. The van der Waals surface area contributed by atoms with Crippen LogP contribution in [0.1, 0.15) is 31.9 Å². The van der Waals surface area contributed by atoms with Crippen LogP contribution in [0, 0.1) is 0 Å². The molecule has 24 heavy (non-hydrogen) atoms. The lowest BCUT2D eigenvalue weighted by atomic mass is 10.0. The molecule has 1 atom stereocenters. The second-order valence-electron chi connectivity index (χ2n) is 6.99. The summed E-state index contributed by atoms with van der Waals surface area (Å²) in [4.78, 5) is 7.01. The highest BCUT2D eigenvalue weighted by Gasteiger charge is 2.28. The first kappa shape index (κ1) is 17.0. The van der Waals surface area contributed by atoms with Crippen LogP contribution in [-0.2, 0) is 4.74 Å². The van der Waals surface area contributed by atoms with E-state index in [2.05, 4.69) is 35.1 Å². The van der Waals surface area contributed by atoms with Crippen molar-refractivity contribution in [3.8, 4) is 5.75 Å². The van der Waals surface area contributed by atoms with Gasteiger partial charge in [0, 0.05) is 30.6 Å². The monoisotopic (exact) mass is 332 g/mol. The molecule has 0 amide bonds. The van der Waals surface area contributed by atoms with Crippen molar-refractivity contribution in [2.45, 2.75) is 31.8 Å². The molecule has 3 rings (SSSR count). The number of hydrogen-bond acceptors (Lipinski definition) is 4. The van der Waals surface area contributed by atoms with Crippen LogP contribution in [-0.4, -0.2) is 55.9 Å². The van der Waals surface area contributed by atoms with E-state index in [1.165, 1.54) is 0 Å². The lowest BCUT2D eigenvalue weighted by Gasteiger charge is -2.39. The minimum Gasteiger partial charge on any atom is -0.493 e. The summed E-state index contributed by atoms with van der Waals surface area (Å²) >= 11 is 0. The third-order valence-corrected chi connectivity index (χ3v) is 4.78. The summed E-state index contributed by atoms with van der Waals surface area (Å²) in [5.41, 5.74) is 7.28. The van der Waals surface area contributed by atoms with Gasteiger partial charge in [-0.05, 0) is 19.9 Å². The van der Waals surface area contributed by atoms with Gasteiger partial charge in [-0.1, -0.05) is 18.2 Å². The van der Waals surface area contributed by atoms with Crippen molar-refractivity contribution < 1.29 is 9.47 Å². The molecule has 1 saturated heterocycles. The molecule has 0 spiro atoms. The van der Waals surface area contributed by atoms with E-state index in [9.17, 15) is 0 Å². The Labute approximate surface area is 144 Å². The number of para-hydroxylation sites is 1. The van der Waals surface area contributed by atoms with Crippen molar-refractivity contribution in [2.24, 2.45) is 10.7 Å². The number of ether oxygens (including phenoxy) is 2. The summed E-state index contributed by atoms with van der Waals surface area (Å²) in [5, 5.41) is 3.36. The van der Waals surface area contributed by atoms with Gasteiger partial charge < -0.3 is 20.5 Å². The van der Waals surface area contributed by atoms with Crippen LogP contribution in [0.4, 0.5) is 0 Å². The van der Waals surface area contributed by atoms with Crippen LogP contribution in [0.15, 0.2) is 29.3 Å². The lowest BCUT2D eigenvalue weighted by molar-refractivity contribution is -0.00683. The van der Waals surface area contributed by atoms with Gasteiger partial charge in [0.15, 0.2) is 5.96 Å². The molecule has 1 aromatic carbocycles. The van der Waals surface area contributed by atoms with E-state index >= 15 is 0 Å². The van der Waals surface area contributed by atoms with Gasteiger partial charge in [-0.25, -0.2) is 0 Å². The molecule has 6 nitrogen and oxygen atoms in total. The Morgan fingerprint density at radius 3 is 2.83 bits per heavy atom. The smallest absolute Gasteiger partial charge is 0.189 e. The molecule has 1 aromatic rings. The molecular formula is C18H28N4O2. The van der Waals surface area contributed by atoms with Gasteiger partial charge in [-0.15, -0.1) is 0 Å². The van der Waals surface area contributed by atoms with Crippen LogP contribution < -0.4 is 15.8 Å². The van der Waals surface area contributed by atoms with Crippen LogP contribution in [0.5, 0.6) is 5.75 Å². The average molecular weight is 332 g/mol. The van der Waals surface area contributed by atoms with Crippen molar-refractivity contribution in [3.05, 3.63) is 29.8 Å². The van der Waals surface area contributed by atoms with E-state index in [0.29, 0.717) is 19.1 Å². The maximum atomic E-state index is 6.15. The number of nitrogens with zero attached hydrogens (tertiary/aromatic N) is 2. The summed E-state index contributed by atoms with van der Waals surface area (Å²) in [6.07, 6.45) is 0.889. The van der Waals surface area contributed by atoms with Crippen molar-refractivity contribution in [3.63, 3.8) is 0 Å². The molecule has 0 radical (unpaired) electrons. The van der Waals surface area contributed by atoms with Gasteiger partial charge in [-0.2, -0.15) is 0 Å². The van der Waals surface area contributed by atoms with Crippen molar-refractivity contribution >= 4 is 5.96 Å². The quantitative estimate of drug-likeness (QED) is 0.646. The van der Waals surface area contributed by atoms with Gasteiger partial charge in [0.25, 0.3) is 0 Å². The van der Waals surface area contributed by atoms with Crippen molar-refractivity contribution in [2.75, 3.05) is 39.5 Å². The first-order valence-corrected chi connectivity index (χ1v) is 8.67. The van der Waals surface area contributed by atoms with Crippen molar-refractivity contribution in [1.29, 1.82) is 0 Å². The molecule has 0 saturated carbocycles. The minimum atomic E-state index is -0.0241. The van der Waals surface area contributed by atoms with Crippen LogP contribution in [0.25, 0.3) is 0 Å². The molecule has 2 heterocycles. The van der Waals surface area contributed by atoms with E-state index in [1.807, 2.05) is 18.2 Å². The standard InChI is InChI=1S/C18H28N4O2/c1-18(2,22-8-11-23-12-9-22)13-20-17(19)21-15-7-10-24-16-6-4-3-5-14(15)16/h3-6,15H,7-13H2,1-2H3,(H3,19,20,21). The van der Waals surface area contributed by atoms with E-state index in [0.717, 1.165) is 44.0 Å². The van der Waals surface area contributed by atoms with E-state index < -0.39 is 0 Å². The van der Waals surface area contributed by atoms with Crippen LogP contribution >= 0.6 is 0 Å². The van der Waals surface area contributed by atoms with Crippen LogP contribution in [0.3, 0.4) is 0 Å². The average Bonchev–Trinajstić information content (AvgIpc) is 2.61. The van der Waals surface area contributed by atoms with Gasteiger partial charge in [0.1, 0.15) is 5.75 Å². The first-order valence-electron chi connectivity index (χ1n) is 8.67. The van der Waals surface area contributed by atoms with Gasteiger partial charge in [-0.3, -0.25) is 9.89 Å². The molecule has 1 unspecified atom stereocenters. The van der Waals surface area contributed by atoms with Gasteiger partial charge in [0.2, 0.25) is 0 Å². The second-order valence-corrected chi connectivity index (χ2v) is 6.99. The zero-order chi connectivity index (χ0) is 17.0. The maximum Gasteiger partial charge on any atom is 0.189 e. The zero-order valence-corrected chi connectivity index (χ0v) is 14.6. The highest BCUT2D eigenvalue weighted by Crippen LogP contribution is 2.31. The maximum absolute atomic E-state index is 6.15. The highest BCUT2D eigenvalue weighted by atomic mass is 16.5. The highest BCUT2D eigenvalue weighted by molar-refractivity contribution is 5.78. The lowest BCUT2D eigenvalue weighted by Crippen LogP contribution is -2.52. The normalized spacial score (nSPS) is 22.6. The zero-order valence-electron chi connectivity index (χ0n) is 14.6. The molecule has 132 valence electrons. The summed E-state index contributed by atoms with van der Waals surface area (Å²) in [6.45, 7) is 9.25. The fraction of sp³-hybridized carbons (Fsp3) is 0.611. The fourth-order valence-corrected chi connectivity index (χ4v) is 3.26. The number of nitrogens with one attached hydrogen (secondary N) is 1. The number of nitrogens with two attached hydrogens (primary N) is 1. The van der Waals surface area contributed by atoms with Crippen molar-refractivity contribution in [1.82, 2.24) is 10.2 Å².